The Hall–Kier alpha value is -1.84. The van der Waals surface area contributed by atoms with Crippen LogP contribution in [0.25, 0.3) is 0 Å². The quantitative estimate of drug-likeness (QED) is 0.831. The highest BCUT2D eigenvalue weighted by atomic mass is 16.5. The van der Waals surface area contributed by atoms with Gasteiger partial charge < -0.3 is 4.74 Å². The molecule has 4 heteroatoms. The van der Waals surface area contributed by atoms with E-state index in [4.69, 9.17) is 4.74 Å². The van der Waals surface area contributed by atoms with E-state index in [0.29, 0.717) is 12.6 Å². The Morgan fingerprint density at radius 3 is 2.50 bits per heavy atom. The first-order valence-corrected chi connectivity index (χ1v) is 6.17. The number of aromatic nitrogens is 3. The predicted molar refractivity (Wildman–Crippen MR) is 70.7 cm³/mol. The lowest BCUT2D eigenvalue weighted by Crippen LogP contribution is -2.11. The molecule has 18 heavy (non-hydrogen) atoms. The van der Waals surface area contributed by atoms with Gasteiger partial charge in [0.2, 0.25) is 0 Å². The van der Waals surface area contributed by atoms with Crippen molar-refractivity contribution in [2.75, 3.05) is 0 Å². The van der Waals surface area contributed by atoms with Gasteiger partial charge in [0.25, 0.3) is 0 Å². The van der Waals surface area contributed by atoms with Gasteiger partial charge in [0.15, 0.2) is 5.82 Å². The fourth-order valence-corrected chi connectivity index (χ4v) is 1.97. The van der Waals surface area contributed by atoms with Crippen LogP contribution >= 0.6 is 0 Å². The molecular formula is C14H19N3O. The lowest BCUT2D eigenvalue weighted by molar-refractivity contribution is 0.279. The van der Waals surface area contributed by atoms with Gasteiger partial charge in [-0.15, -0.1) is 0 Å². The van der Waals surface area contributed by atoms with E-state index in [-0.39, 0.29) is 0 Å². The molecule has 4 nitrogen and oxygen atoms in total. The second kappa shape index (κ2) is 5.21. The lowest BCUT2D eigenvalue weighted by atomic mass is 10.1. The standard InChI is InChI=1S/C14H19N3O/c1-10(2)17-13(15-9-16-17)8-18-14-11(3)6-5-7-12(14)4/h5-7,9-10H,8H2,1-4H3. The molecule has 2 aromatic rings. The molecule has 0 aliphatic carbocycles. The third kappa shape index (κ3) is 2.53. The minimum Gasteiger partial charge on any atom is -0.485 e. The van der Waals surface area contributed by atoms with Crippen LogP contribution < -0.4 is 4.74 Å². The van der Waals surface area contributed by atoms with Crippen molar-refractivity contribution in [2.45, 2.75) is 40.3 Å². The summed E-state index contributed by atoms with van der Waals surface area (Å²) in [5.74, 6) is 1.79. The van der Waals surface area contributed by atoms with Gasteiger partial charge in [-0.05, 0) is 38.8 Å². The number of nitrogens with zero attached hydrogens (tertiary/aromatic N) is 3. The van der Waals surface area contributed by atoms with E-state index in [0.717, 1.165) is 22.7 Å². The van der Waals surface area contributed by atoms with Crippen molar-refractivity contribution < 1.29 is 4.74 Å². The number of hydrogen-bond acceptors (Lipinski definition) is 3. The number of hydrogen-bond donors (Lipinski definition) is 0. The Morgan fingerprint density at radius 1 is 1.22 bits per heavy atom. The van der Waals surface area contributed by atoms with Crippen LogP contribution in [0, 0.1) is 13.8 Å². The van der Waals surface area contributed by atoms with E-state index in [1.807, 2.05) is 10.7 Å². The summed E-state index contributed by atoms with van der Waals surface area (Å²) < 4.78 is 7.76. The van der Waals surface area contributed by atoms with Crippen LogP contribution in [0.15, 0.2) is 24.5 Å². The van der Waals surface area contributed by atoms with Crippen LogP contribution in [-0.2, 0) is 6.61 Å². The van der Waals surface area contributed by atoms with Gasteiger partial charge in [-0.2, -0.15) is 5.10 Å². The third-order valence-electron chi connectivity index (χ3n) is 2.89. The molecule has 1 heterocycles. The monoisotopic (exact) mass is 245 g/mol. The van der Waals surface area contributed by atoms with Crippen LogP contribution in [0.2, 0.25) is 0 Å². The Kier molecular flexibility index (Phi) is 3.65. The average molecular weight is 245 g/mol. The molecule has 0 fully saturated rings. The maximum Gasteiger partial charge on any atom is 0.165 e. The van der Waals surface area contributed by atoms with E-state index in [1.54, 1.807) is 6.33 Å². The summed E-state index contributed by atoms with van der Waals surface area (Å²) in [5, 5.41) is 4.20. The van der Waals surface area contributed by atoms with Crippen LogP contribution in [-0.4, -0.2) is 14.8 Å². The maximum atomic E-state index is 5.88. The van der Waals surface area contributed by atoms with Crippen molar-refractivity contribution in [1.29, 1.82) is 0 Å². The van der Waals surface area contributed by atoms with Crippen molar-refractivity contribution in [3.63, 3.8) is 0 Å². The van der Waals surface area contributed by atoms with Gasteiger partial charge >= 0.3 is 0 Å². The molecule has 1 aromatic carbocycles. The van der Waals surface area contributed by atoms with Gasteiger partial charge in [-0.3, -0.25) is 0 Å². The minimum atomic E-state index is 0.295. The van der Waals surface area contributed by atoms with Crippen molar-refractivity contribution in [3.8, 4) is 5.75 Å². The minimum absolute atomic E-state index is 0.295. The molecule has 0 aliphatic heterocycles. The zero-order valence-corrected chi connectivity index (χ0v) is 11.3. The Bertz CT molecular complexity index is 511. The normalized spacial score (nSPS) is 10.9. The number of para-hydroxylation sites is 1. The van der Waals surface area contributed by atoms with Crippen LogP contribution in [0.3, 0.4) is 0 Å². The van der Waals surface area contributed by atoms with Gasteiger partial charge in [-0.25, -0.2) is 9.67 Å². The van der Waals surface area contributed by atoms with E-state index in [1.165, 1.54) is 0 Å². The van der Waals surface area contributed by atoms with E-state index < -0.39 is 0 Å². The smallest absolute Gasteiger partial charge is 0.165 e. The molecule has 0 amide bonds. The fraction of sp³-hybridized carbons (Fsp3) is 0.429. The summed E-state index contributed by atoms with van der Waals surface area (Å²) >= 11 is 0. The van der Waals surface area contributed by atoms with Gasteiger partial charge in [0.05, 0.1) is 0 Å². The number of ether oxygens (including phenoxy) is 1. The predicted octanol–water partition coefficient (Wildman–Crippen LogP) is 3.05. The zero-order chi connectivity index (χ0) is 13.1. The molecule has 0 N–H and O–H groups in total. The zero-order valence-electron chi connectivity index (χ0n) is 11.3. The molecule has 0 saturated carbocycles. The molecule has 1 aromatic heterocycles. The maximum absolute atomic E-state index is 5.88. The SMILES string of the molecule is Cc1cccc(C)c1OCc1ncnn1C(C)C. The van der Waals surface area contributed by atoms with E-state index >= 15 is 0 Å². The Balaban J connectivity index is 2.14. The van der Waals surface area contributed by atoms with Gasteiger partial charge in [0.1, 0.15) is 18.7 Å². The van der Waals surface area contributed by atoms with Crippen LogP contribution in [0.5, 0.6) is 5.75 Å². The highest BCUT2D eigenvalue weighted by molar-refractivity contribution is 5.39. The molecule has 0 aliphatic rings. The molecule has 0 bridgehead atoms. The Labute approximate surface area is 108 Å². The molecular weight excluding hydrogens is 226 g/mol. The van der Waals surface area contributed by atoms with E-state index in [9.17, 15) is 0 Å². The Morgan fingerprint density at radius 2 is 1.89 bits per heavy atom. The first-order valence-electron chi connectivity index (χ1n) is 6.17. The van der Waals surface area contributed by atoms with Crippen molar-refractivity contribution in [1.82, 2.24) is 14.8 Å². The first kappa shape index (κ1) is 12.6. The van der Waals surface area contributed by atoms with Crippen molar-refractivity contribution >= 4 is 0 Å². The summed E-state index contributed by atoms with van der Waals surface area (Å²) in [6.07, 6.45) is 1.57. The summed E-state index contributed by atoms with van der Waals surface area (Å²) in [7, 11) is 0. The molecule has 96 valence electrons. The van der Waals surface area contributed by atoms with Crippen LogP contribution in [0.1, 0.15) is 36.8 Å². The number of rotatable bonds is 4. The molecule has 0 saturated heterocycles. The molecule has 0 atom stereocenters. The molecule has 0 spiro atoms. The molecule has 0 radical (unpaired) electrons. The summed E-state index contributed by atoms with van der Waals surface area (Å²) in [6, 6.07) is 6.43. The summed E-state index contributed by atoms with van der Waals surface area (Å²) in [6.45, 7) is 8.71. The molecule has 0 unspecified atom stereocenters. The topological polar surface area (TPSA) is 39.9 Å². The van der Waals surface area contributed by atoms with Crippen molar-refractivity contribution in [3.05, 3.63) is 41.5 Å². The lowest BCUT2D eigenvalue weighted by Gasteiger charge is -2.13. The van der Waals surface area contributed by atoms with Crippen molar-refractivity contribution in [2.24, 2.45) is 0 Å². The van der Waals surface area contributed by atoms with Crippen LogP contribution in [0.4, 0.5) is 0 Å². The fourth-order valence-electron chi connectivity index (χ4n) is 1.97. The average Bonchev–Trinajstić information content (AvgIpc) is 2.76. The number of benzene rings is 1. The second-order valence-electron chi connectivity index (χ2n) is 4.72. The molecule has 2 rings (SSSR count). The van der Waals surface area contributed by atoms with Gasteiger partial charge in [0, 0.05) is 6.04 Å². The summed E-state index contributed by atoms with van der Waals surface area (Å²) in [5.41, 5.74) is 2.29. The highest BCUT2D eigenvalue weighted by Gasteiger charge is 2.10. The first-order chi connectivity index (χ1) is 8.59. The number of aryl methyl sites for hydroxylation is 2. The van der Waals surface area contributed by atoms with Gasteiger partial charge in [-0.1, -0.05) is 18.2 Å². The summed E-state index contributed by atoms with van der Waals surface area (Å²) in [4.78, 5) is 4.24. The third-order valence-corrected chi connectivity index (χ3v) is 2.89. The second-order valence-corrected chi connectivity index (χ2v) is 4.72. The van der Waals surface area contributed by atoms with E-state index in [2.05, 4.69) is 49.9 Å². The largest absolute Gasteiger partial charge is 0.485 e. The highest BCUT2D eigenvalue weighted by Crippen LogP contribution is 2.23.